The summed E-state index contributed by atoms with van der Waals surface area (Å²) in [5, 5.41) is 2.64. The van der Waals surface area contributed by atoms with Crippen LogP contribution in [0.2, 0.25) is 0 Å². The SMILES string of the molecule is COC1CC2CC(OC(C)C)CCC2(C)C2CCC3(C)C(C(C)CCC(=O)NCCS(=O)(=O)O)CCC3C12. The lowest BCUT2D eigenvalue weighted by Gasteiger charge is -2.63. The second-order valence-electron chi connectivity index (χ2n) is 14.0. The normalized spacial score (nSPS) is 41.7. The molecular formula is C30H53NO6S. The van der Waals surface area contributed by atoms with Crippen LogP contribution >= 0.6 is 0 Å². The third kappa shape index (κ3) is 6.13. The molecule has 0 bridgehead atoms. The van der Waals surface area contributed by atoms with Crippen molar-refractivity contribution < 1.29 is 27.2 Å². The minimum atomic E-state index is -4.05. The summed E-state index contributed by atoms with van der Waals surface area (Å²) in [6.07, 6.45) is 12.0. The number of amides is 1. The lowest BCUT2D eigenvalue weighted by molar-refractivity contribution is -0.187. The quantitative estimate of drug-likeness (QED) is 0.346. The van der Waals surface area contributed by atoms with E-state index in [1.807, 2.05) is 7.11 Å². The molecule has 38 heavy (non-hydrogen) atoms. The first-order valence-electron chi connectivity index (χ1n) is 15.2. The van der Waals surface area contributed by atoms with Crippen molar-refractivity contribution in [2.24, 2.45) is 46.3 Å². The molecule has 0 spiro atoms. The predicted molar refractivity (Wildman–Crippen MR) is 149 cm³/mol. The van der Waals surface area contributed by atoms with Gasteiger partial charge in [0.15, 0.2) is 0 Å². The molecule has 4 aliphatic rings. The van der Waals surface area contributed by atoms with Crippen LogP contribution in [0.1, 0.15) is 98.8 Å². The van der Waals surface area contributed by atoms with Gasteiger partial charge in [0.1, 0.15) is 0 Å². The molecule has 8 heteroatoms. The van der Waals surface area contributed by atoms with E-state index in [9.17, 15) is 13.2 Å². The largest absolute Gasteiger partial charge is 0.381 e. The number of methoxy groups -OCH3 is 1. The fraction of sp³-hybridized carbons (Fsp3) is 0.967. The Kier molecular flexibility index (Phi) is 9.28. The molecule has 0 heterocycles. The number of hydrogen-bond donors (Lipinski definition) is 2. The van der Waals surface area contributed by atoms with Gasteiger partial charge < -0.3 is 14.8 Å². The zero-order valence-electron chi connectivity index (χ0n) is 24.6. The Morgan fingerprint density at radius 2 is 1.71 bits per heavy atom. The van der Waals surface area contributed by atoms with E-state index < -0.39 is 15.9 Å². The maximum atomic E-state index is 12.3. The van der Waals surface area contributed by atoms with Crippen LogP contribution in [0.3, 0.4) is 0 Å². The molecule has 4 aliphatic carbocycles. The summed E-state index contributed by atoms with van der Waals surface area (Å²) >= 11 is 0. The molecule has 0 radical (unpaired) electrons. The van der Waals surface area contributed by atoms with Gasteiger partial charge in [-0.3, -0.25) is 9.35 Å². The highest BCUT2D eigenvalue weighted by molar-refractivity contribution is 7.85. The average Bonchev–Trinajstić information content (AvgIpc) is 3.18. The lowest BCUT2D eigenvalue weighted by atomic mass is 9.43. The van der Waals surface area contributed by atoms with Crippen molar-refractivity contribution in [1.82, 2.24) is 5.32 Å². The van der Waals surface area contributed by atoms with Crippen molar-refractivity contribution in [2.75, 3.05) is 19.4 Å². The van der Waals surface area contributed by atoms with Gasteiger partial charge in [-0.15, -0.1) is 0 Å². The number of ether oxygens (including phenoxy) is 2. The van der Waals surface area contributed by atoms with Crippen molar-refractivity contribution in [2.45, 2.75) is 117 Å². The Morgan fingerprint density at radius 1 is 1.03 bits per heavy atom. The third-order valence-corrected chi connectivity index (χ3v) is 12.4. The van der Waals surface area contributed by atoms with Gasteiger partial charge in [-0.25, -0.2) is 0 Å². The number of hydrogen-bond acceptors (Lipinski definition) is 5. The maximum absolute atomic E-state index is 12.3. The summed E-state index contributed by atoms with van der Waals surface area (Å²) in [6.45, 7) is 11.7. The lowest BCUT2D eigenvalue weighted by Crippen LogP contribution is -2.59. The minimum Gasteiger partial charge on any atom is -0.381 e. The minimum absolute atomic E-state index is 0.0408. The van der Waals surface area contributed by atoms with Crippen molar-refractivity contribution in [3.63, 3.8) is 0 Å². The van der Waals surface area contributed by atoms with Gasteiger partial charge >= 0.3 is 0 Å². The summed E-state index contributed by atoms with van der Waals surface area (Å²) in [5.41, 5.74) is 0.654. The molecule has 0 aromatic carbocycles. The first-order chi connectivity index (χ1) is 17.8. The van der Waals surface area contributed by atoms with Crippen LogP contribution in [-0.4, -0.2) is 56.6 Å². The topological polar surface area (TPSA) is 102 Å². The molecule has 10 unspecified atom stereocenters. The van der Waals surface area contributed by atoms with Gasteiger partial charge in [0.25, 0.3) is 10.1 Å². The van der Waals surface area contributed by atoms with Crippen molar-refractivity contribution >= 4 is 16.0 Å². The van der Waals surface area contributed by atoms with E-state index in [0.29, 0.717) is 59.6 Å². The number of fused-ring (bicyclic) bond motifs is 5. The van der Waals surface area contributed by atoms with Crippen LogP contribution in [0.4, 0.5) is 0 Å². The fourth-order valence-corrected chi connectivity index (χ4v) is 10.2. The van der Waals surface area contributed by atoms with Gasteiger partial charge in [-0.2, -0.15) is 8.42 Å². The van der Waals surface area contributed by atoms with Crippen LogP contribution in [0, 0.1) is 46.3 Å². The third-order valence-electron chi connectivity index (χ3n) is 11.6. The molecule has 1 amide bonds. The van der Waals surface area contributed by atoms with E-state index >= 15 is 0 Å². The van der Waals surface area contributed by atoms with E-state index in [1.54, 1.807) is 0 Å². The van der Waals surface area contributed by atoms with Gasteiger partial charge in [0.05, 0.1) is 24.1 Å². The molecule has 7 nitrogen and oxygen atoms in total. The molecule has 10 atom stereocenters. The highest BCUT2D eigenvalue weighted by Crippen LogP contribution is 2.68. The van der Waals surface area contributed by atoms with Crippen LogP contribution in [-0.2, 0) is 24.4 Å². The molecule has 0 aromatic rings. The zero-order valence-corrected chi connectivity index (χ0v) is 25.4. The smallest absolute Gasteiger partial charge is 0.266 e. The molecule has 0 aromatic heterocycles. The first kappa shape index (κ1) is 30.3. The Bertz CT molecular complexity index is 939. The highest BCUT2D eigenvalue weighted by atomic mass is 32.2. The van der Waals surface area contributed by atoms with Crippen LogP contribution in [0.15, 0.2) is 0 Å². The van der Waals surface area contributed by atoms with Gasteiger partial charge in [-0.05, 0) is 118 Å². The van der Waals surface area contributed by atoms with Crippen molar-refractivity contribution in [1.29, 1.82) is 0 Å². The molecule has 220 valence electrons. The standard InChI is InChI=1S/C30H53NO6S/c1-19(2)37-22-11-13-29(4)21(17-22)18-26(36-6)28-24-9-8-23(30(24,5)14-12-25(28)29)20(3)7-10-27(32)31-15-16-38(33,34)35/h19-26,28H,7-18H2,1-6H3,(H,31,32)(H,33,34,35). The Hall–Kier alpha value is -0.700. The maximum Gasteiger partial charge on any atom is 0.266 e. The fourth-order valence-electron chi connectivity index (χ4n) is 9.86. The average molecular weight is 556 g/mol. The Labute approximate surface area is 231 Å². The number of carbonyl (C=O) groups is 1. The summed E-state index contributed by atoms with van der Waals surface area (Å²) < 4.78 is 43.3. The number of rotatable bonds is 10. The van der Waals surface area contributed by atoms with E-state index in [-0.39, 0.29) is 24.0 Å². The van der Waals surface area contributed by atoms with Crippen LogP contribution in [0.25, 0.3) is 0 Å². The number of carbonyl (C=O) groups excluding carboxylic acids is 1. The zero-order chi connectivity index (χ0) is 27.9. The second-order valence-corrected chi connectivity index (χ2v) is 15.5. The van der Waals surface area contributed by atoms with Crippen LogP contribution < -0.4 is 5.32 Å². The number of nitrogens with one attached hydrogen (secondary N) is 1. The second kappa shape index (κ2) is 11.7. The first-order valence-corrected chi connectivity index (χ1v) is 16.8. The molecule has 2 N–H and O–H groups in total. The van der Waals surface area contributed by atoms with E-state index in [2.05, 4.69) is 39.9 Å². The molecule has 0 aliphatic heterocycles. The van der Waals surface area contributed by atoms with E-state index in [0.717, 1.165) is 12.8 Å². The monoisotopic (exact) mass is 555 g/mol. The van der Waals surface area contributed by atoms with Crippen molar-refractivity contribution in [3.05, 3.63) is 0 Å². The molecule has 4 saturated carbocycles. The van der Waals surface area contributed by atoms with E-state index in [1.165, 1.54) is 44.9 Å². The predicted octanol–water partition coefficient (Wildman–Crippen LogP) is 5.48. The van der Waals surface area contributed by atoms with E-state index in [4.69, 9.17) is 14.0 Å². The van der Waals surface area contributed by atoms with Crippen LogP contribution in [0.5, 0.6) is 0 Å². The summed E-state index contributed by atoms with van der Waals surface area (Å²) in [7, 11) is -2.13. The molecule has 4 rings (SSSR count). The summed E-state index contributed by atoms with van der Waals surface area (Å²) in [5.74, 6) is 3.13. The van der Waals surface area contributed by atoms with Gasteiger partial charge in [0, 0.05) is 20.1 Å². The summed E-state index contributed by atoms with van der Waals surface area (Å²) in [6, 6.07) is 0. The van der Waals surface area contributed by atoms with Gasteiger partial charge in [0.2, 0.25) is 5.91 Å². The Morgan fingerprint density at radius 3 is 2.37 bits per heavy atom. The summed E-state index contributed by atoms with van der Waals surface area (Å²) in [4.78, 5) is 12.3. The molecule has 4 fully saturated rings. The van der Waals surface area contributed by atoms with Gasteiger partial charge in [-0.1, -0.05) is 20.8 Å². The highest BCUT2D eigenvalue weighted by Gasteiger charge is 2.63. The van der Waals surface area contributed by atoms with Crippen molar-refractivity contribution in [3.8, 4) is 0 Å². The Balaban J connectivity index is 1.41. The molecular weight excluding hydrogens is 502 g/mol. The molecule has 0 saturated heterocycles.